The molecule has 0 N–H and O–H groups in total. The summed E-state index contributed by atoms with van der Waals surface area (Å²) in [6, 6.07) is 6.25. The van der Waals surface area contributed by atoms with E-state index in [1.165, 1.54) is 12.1 Å². The van der Waals surface area contributed by atoms with Crippen molar-refractivity contribution < 1.29 is 9.18 Å². The quantitative estimate of drug-likeness (QED) is 0.809. The van der Waals surface area contributed by atoms with Gasteiger partial charge in [0.15, 0.2) is 5.78 Å². The maximum atomic E-state index is 13.1. The minimum Gasteiger partial charge on any atom is -0.294 e. The Morgan fingerprint density at radius 2 is 2.11 bits per heavy atom. The van der Waals surface area contributed by atoms with Gasteiger partial charge in [-0.15, -0.1) is 0 Å². The van der Waals surface area contributed by atoms with Crippen molar-refractivity contribution >= 4 is 21.7 Å². The summed E-state index contributed by atoms with van der Waals surface area (Å²) in [4.78, 5) is 16.0. The van der Waals surface area contributed by atoms with E-state index in [9.17, 15) is 9.18 Å². The molecule has 1 aromatic heterocycles. The Kier molecular flexibility index (Phi) is 3.87. The molecule has 0 fully saturated rings. The van der Waals surface area contributed by atoms with Crippen molar-refractivity contribution in [2.75, 3.05) is 0 Å². The van der Waals surface area contributed by atoms with Gasteiger partial charge in [-0.05, 0) is 58.2 Å². The van der Waals surface area contributed by atoms with Crippen LogP contribution in [0.15, 0.2) is 41.1 Å². The van der Waals surface area contributed by atoms with Crippen molar-refractivity contribution in [3.8, 4) is 0 Å². The lowest BCUT2D eigenvalue weighted by Crippen LogP contribution is -2.04. The number of ketones is 1. The summed E-state index contributed by atoms with van der Waals surface area (Å²) in [6.07, 6.45) is 3.58. The predicted molar refractivity (Wildman–Crippen MR) is 71.1 cm³/mol. The fourth-order valence-corrected chi connectivity index (χ4v) is 2.07. The van der Waals surface area contributed by atoms with Crippen LogP contribution in [0.2, 0.25) is 0 Å². The Morgan fingerprint density at radius 3 is 2.78 bits per heavy atom. The highest BCUT2D eigenvalue weighted by atomic mass is 79.9. The lowest BCUT2D eigenvalue weighted by Gasteiger charge is -2.03. The molecule has 0 unspecified atom stereocenters. The van der Waals surface area contributed by atoms with Crippen molar-refractivity contribution in [2.45, 2.75) is 13.3 Å². The summed E-state index contributed by atoms with van der Waals surface area (Å²) in [5, 5.41) is 0. The van der Waals surface area contributed by atoms with E-state index in [4.69, 9.17) is 0 Å². The van der Waals surface area contributed by atoms with Gasteiger partial charge >= 0.3 is 0 Å². The molecule has 0 aliphatic heterocycles. The zero-order valence-electron chi connectivity index (χ0n) is 9.78. The van der Waals surface area contributed by atoms with E-state index >= 15 is 0 Å². The molecule has 1 aromatic carbocycles. The van der Waals surface area contributed by atoms with Crippen molar-refractivity contribution in [1.82, 2.24) is 4.98 Å². The third-order valence-corrected chi connectivity index (χ3v) is 3.04. The first-order valence-electron chi connectivity index (χ1n) is 5.45. The molecule has 4 heteroatoms. The number of hydrogen-bond acceptors (Lipinski definition) is 2. The Morgan fingerprint density at radius 1 is 1.33 bits per heavy atom. The highest BCUT2D eigenvalue weighted by molar-refractivity contribution is 9.10. The van der Waals surface area contributed by atoms with E-state index in [2.05, 4.69) is 20.9 Å². The molecule has 0 saturated carbocycles. The first-order valence-corrected chi connectivity index (χ1v) is 6.24. The molecule has 0 radical (unpaired) electrons. The summed E-state index contributed by atoms with van der Waals surface area (Å²) in [6.45, 7) is 1.65. The van der Waals surface area contributed by atoms with E-state index in [-0.39, 0.29) is 18.0 Å². The molecular weight excluding hydrogens is 297 g/mol. The maximum absolute atomic E-state index is 13.1. The van der Waals surface area contributed by atoms with Gasteiger partial charge in [0, 0.05) is 28.9 Å². The lowest BCUT2D eigenvalue weighted by molar-refractivity contribution is 0.0992. The summed E-state index contributed by atoms with van der Waals surface area (Å²) >= 11 is 3.31. The number of aryl methyl sites for hydroxylation is 1. The van der Waals surface area contributed by atoms with Crippen molar-refractivity contribution in [3.05, 3.63) is 63.6 Å². The van der Waals surface area contributed by atoms with Crippen LogP contribution in [-0.2, 0) is 6.42 Å². The molecule has 0 amide bonds. The van der Waals surface area contributed by atoms with Gasteiger partial charge in [0.2, 0.25) is 0 Å². The molecule has 2 rings (SSSR count). The van der Waals surface area contributed by atoms with Crippen molar-refractivity contribution in [2.24, 2.45) is 0 Å². The van der Waals surface area contributed by atoms with Gasteiger partial charge in [0.1, 0.15) is 5.82 Å². The first kappa shape index (κ1) is 12.9. The van der Waals surface area contributed by atoms with E-state index in [0.717, 1.165) is 10.0 Å². The number of rotatable bonds is 3. The van der Waals surface area contributed by atoms with Gasteiger partial charge in [-0.2, -0.15) is 0 Å². The van der Waals surface area contributed by atoms with Gasteiger partial charge in [0.05, 0.1) is 0 Å². The second-order valence-corrected chi connectivity index (χ2v) is 4.99. The highest BCUT2D eigenvalue weighted by Crippen LogP contribution is 2.14. The van der Waals surface area contributed by atoms with Crippen LogP contribution in [0.5, 0.6) is 0 Å². The Labute approximate surface area is 113 Å². The normalized spacial score (nSPS) is 10.4. The number of carbonyl (C=O) groups is 1. The molecule has 0 aliphatic carbocycles. The number of hydrogen-bond donors (Lipinski definition) is 0. The van der Waals surface area contributed by atoms with Crippen molar-refractivity contribution in [3.63, 3.8) is 0 Å². The Bertz CT molecular complexity index is 598. The van der Waals surface area contributed by atoms with Crippen molar-refractivity contribution in [1.29, 1.82) is 0 Å². The van der Waals surface area contributed by atoms with Crippen LogP contribution in [0.25, 0.3) is 0 Å². The van der Waals surface area contributed by atoms with Crippen LogP contribution >= 0.6 is 15.9 Å². The molecule has 92 valence electrons. The summed E-state index contributed by atoms with van der Waals surface area (Å²) in [7, 11) is 0. The zero-order chi connectivity index (χ0) is 13.1. The Hall–Kier alpha value is -1.55. The van der Waals surface area contributed by atoms with Gasteiger partial charge in [0.25, 0.3) is 0 Å². The Balaban J connectivity index is 2.19. The van der Waals surface area contributed by atoms with Gasteiger partial charge in [-0.25, -0.2) is 4.39 Å². The van der Waals surface area contributed by atoms with E-state index < -0.39 is 0 Å². The molecule has 2 nitrogen and oxygen atoms in total. The van der Waals surface area contributed by atoms with E-state index in [0.29, 0.717) is 11.1 Å². The molecular formula is C14H11BrFNO. The lowest BCUT2D eigenvalue weighted by atomic mass is 10.0. The molecule has 1 heterocycles. The fraction of sp³-hybridized carbons (Fsp3) is 0.143. The second-order valence-electron chi connectivity index (χ2n) is 4.08. The highest BCUT2D eigenvalue weighted by Gasteiger charge is 2.09. The number of halogens is 2. The van der Waals surface area contributed by atoms with Gasteiger partial charge in [-0.3, -0.25) is 9.78 Å². The van der Waals surface area contributed by atoms with Crippen LogP contribution in [-0.4, -0.2) is 10.8 Å². The van der Waals surface area contributed by atoms with Crippen LogP contribution in [0.3, 0.4) is 0 Å². The van der Waals surface area contributed by atoms with Gasteiger partial charge in [-0.1, -0.05) is 0 Å². The smallest absolute Gasteiger partial charge is 0.167 e. The average molecular weight is 308 g/mol. The number of Topliss-reactive ketones (excluding diaryl/α,β-unsaturated/α-hetero) is 1. The minimum absolute atomic E-state index is 0.0435. The monoisotopic (exact) mass is 307 g/mol. The summed E-state index contributed by atoms with van der Waals surface area (Å²) < 4.78 is 14.0. The third kappa shape index (κ3) is 3.01. The molecule has 0 atom stereocenters. The number of aromatic nitrogens is 1. The fourth-order valence-electron chi connectivity index (χ4n) is 1.66. The first-order chi connectivity index (χ1) is 8.56. The largest absolute Gasteiger partial charge is 0.294 e. The SMILES string of the molecule is Cc1cc(C(=O)Cc2cncc(Br)c2)ccc1F. The minimum atomic E-state index is -0.296. The molecule has 0 bridgehead atoms. The van der Waals surface area contributed by atoms with Crippen LogP contribution < -0.4 is 0 Å². The van der Waals surface area contributed by atoms with Crippen LogP contribution in [0, 0.1) is 12.7 Å². The number of carbonyl (C=O) groups excluding carboxylic acids is 1. The molecule has 18 heavy (non-hydrogen) atoms. The summed E-state index contributed by atoms with van der Waals surface area (Å²) in [5.41, 5.74) is 1.83. The van der Waals surface area contributed by atoms with E-state index in [1.54, 1.807) is 25.4 Å². The topological polar surface area (TPSA) is 30.0 Å². The van der Waals surface area contributed by atoms with Crippen LogP contribution in [0.1, 0.15) is 21.5 Å². The molecule has 0 saturated heterocycles. The molecule has 2 aromatic rings. The standard InChI is InChI=1S/C14H11BrFNO/c1-9-4-11(2-3-13(9)16)14(18)6-10-5-12(15)8-17-7-10/h2-5,7-8H,6H2,1H3. The van der Waals surface area contributed by atoms with Crippen LogP contribution in [0.4, 0.5) is 4.39 Å². The maximum Gasteiger partial charge on any atom is 0.167 e. The molecule has 0 spiro atoms. The number of pyridine rings is 1. The van der Waals surface area contributed by atoms with Gasteiger partial charge < -0.3 is 0 Å². The summed E-state index contributed by atoms with van der Waals surface area (Å²) in [5.74, 6) is -0.339. The number of nitrogens with zero attached hydrogens (tertiary/aromatic N) is 1. The predicted octanol–water partition coefficient (Wildman–Crippen LogP) is 3.72. The number of benzene rings is 1. The average Bonchev–Trinajstić information content (AvgIpc) is 2.32. The van der Waals surface area contributed by atoms with E-state index in [1.807, 2.05) is 6.07 Å². The second kappa shape index (κ2) is 5.40. The zero-order valence-corrected chi connectivity index (χ0v) is 11.4. The third-order valence-electron chi connectivity index (χ3n) is 2.61. The molecule has 0 aliphatic rings.